The van der Waals surface area contributed by atoms with Crippen molar-refractivity contribution in [2.75, 3.05) is 12.4 Å². The summed E-state index contributed by atoms with van der Waals surface area (Å²) in [5, 5.41) is 3.30. The zero-order valence-corrected chi connectivity index (χ0v) is 14.2. The quantitative estimate of drug-likeness (QED) is 0.715. The molecular weight excluding hydrogens is 340 g/mol. The SMILES string of the molecule is COc1ccc(Oc2ccc(Cl)cc2NC(=O)c2ccncc2)cc1. The van der Waals surface area contributed by atoms with Gasteiger partial charge in [0, 0.05) is 23.0 Å². The van der Waals surface area contributed by atoms with Gasteiger partial charge in [-0.15, -0.1) is 0 Å². The first-order valence-corrected chi connectivity index (χ1v) is 7.86. The van der Waals surface area contributed by atoms with E-state index in [9.17, 15) is 4.79 Å². The maximum Gasteiger partial charge on any atom is 0.255 e. The molecule has 3 aromatic rings. The molecule has 0 aliphatic carbocycles. The predicted molar refractivity (Wildman–Crippen MR) is 96.7 cm³/mol. The van der Waals surface area contributed by atoms with Crippen LogP contribution in [-0.2, 0) is 0 Å². The van der Waals surface area contributed by atoms with Crippen LogP contribution in [0.5, 0.6) is 17.2 Å². The molecule has 6 heteroatoms. The van der Waals surface area contributed by atoms with Crippen LogP contribution in [0.1, 0.15) is 10.4 Å². The van der Waals surface area contributed by atoms with E-state index in [2.05, 4.69) is 10.3 Å². The van der Waals surface area contributed by atoms with Crippen molar-refractivity contribution in [3.05, 3.63) is 77.6 Å². The van der Waals surface area contributed by atoms with Crippen LogP contribution in [0.25, 0.3) is 0 Å². The number of anilines is 1. The average molecular weight is 355 g/mol. The topological polar surface area (TPSA) is 60.5 Å². The number of pyridine rings is 1. The first-order chi connectivity index (χ1) is 12.2. The van der Waals surface area contributed by atoms with Gasteiger partial charge in [-0.1, -0.05) is 11.6 Å². The van der Waals surface area contributed by atoms with Crippen LogP contribution in [0.4, 0.5) is 5.69 Å². The van der Waals surface area contributed by atoms with Crippen molar-refractivity contribution >= 4 is 23.2 Å². The first kappa shape index (κ1) is 16.8. The molecule has 0 spiro atoms. The number of methoxy groups -OCH3 is 1. The molecule has 0 bridgehead atoms. The smallest absolute Gasteiger partial charge is 0.255 e. The van der Waals surface area contributed by atoms with Crippen molar-refractivity contribution in [3.8, 4) is 17.2 Å². The van der Waals surface area contributed by atoms with Crippen LogP contribution in [-0.4, -0.2) is 18.0 Å². The number of benzene rings is 2. The third-order valence-corrected chi connectivity index (χ3v) is 3.65. The van der Waals surface area contributed by atoms with Gasteiger partial charge >= 0.3 is 0 Å². The molecule has 3 rings (SSSR count). The van der Waals surface area contributed by atoms with Crippen LogP contribution < -0.4 is 14.8 Å². The van der Waals surface area contributed by atoms with Crippen molar-refractivity contribution in [1.29, 1.82) is 0 Å². The molecule has 1 aromatic heterocycles. The molecule has 25 heavy (non-hydrogen) atoms. The van der Waals surface area contributed by atoms with Gasteiger partial charge in [0.2, 0.25) is 0 Å². The van der Waals surface area contributed by atoms with Crippen molar-refractivity contribution in [2.24, 2.45) is 0 Å². The Morgan fingerprint density at radius 3 is 2.36 bits per heavy atom. The van der Waals surface area contributed by atoms with Crippen molar-refractivity contribution < 1.29 is 14.3 Å². The van der Waals surface area contributed by atoms with Crippen LogP contribution in [0, 0.1) is 0 Å². The van der Waals surface area contributed by atoms with E-state index >= 15 is 0 Å². The summed E-state index contributed by atoms with van der Waals surface area (Å²) in [4.78, 5) is 16.3. The lowest BCUT2D eigenvalue weighted by atomic mass is 10.2. The number of hydrogen-bond acceptors (Lipinski definition) is 4. The van der Waals surface area contributed by atoms with Gasteiger partial charge in [-0.2, -0.15) is 0 Å². The fourth-order valence-electron chi connectivity index (χ4n) is 2.16. The molecule has 0 atom stereocenters. The minimum atomic E-state index is -0.274. The van der Waals surface area contributed by atoms with Crippen LogP contribution in [0.2, 0.25) is 5.02 Å². The summed E-state index contributed by atoms with van der Waals surface area (Å²) in [6, 6.07) is 15.4. The van der Waals surface area contributed by atoms with E-state index in [1.807, 2.05) is 0 Å². The molecule has 0 aliphatic rings. The number of hydrogen-bond donors (Lipinski definition) is 1. The number of ether oxygens (including phenoxy) is 2. The largest absolute Gasteiger partial charge is 0.497 e. The third-order valence-electron chi connectivity index (χ3n) is 3.42. The van der Waals surface area contributed by atoms with E-state index in [0.717, 1.165) is 5.75 Å². The van der Waals surface area contributed by atoms with Crippen LogP contribution >= 0.6 is 11.6 Å². The van der Waals surface area contributed by atoms with Gasteiger partial charge in [0.15, 0.2) is 5.75 Å². The summed E-state index contributed by atoms with van der Waals surface area (Å²) in [5.74, 6) is 1.55. The molecule has 0 fully saturated rings. The molecule has 1 heterocycles. The van der Waals surface area contributed by atoms with Gasteiger partial charge in [0.25, 0.3) is 5.91 Å². The average Bonchev–Trinajstić information content (AvgIpc) is 2.65. The molecular formula is C19H15ClN2O3. The summed E-state index contributed by atoms with van der Waals surface area (Å²) in [6.07, 6.45) is 3.11. The van der Waals surface area contributed by atoms with Gasteiger partial charge < -0.3 is 14.8 Å². The zero-order valence-electron chi connectivity index (χ0n) is 13.4. The number of halogens is 1. The van der Waals surface area contributed by atoms with E-state index in [4.69, 9.17) is 21.1 Å². The fourth-order valence-corrected chi connectivity index (χ4v) is 2.33. The number of nitrogens with zero attached hydrogens (tertiary/aromatic N) is 1. The molecule has 0 unspecified atom stereocenters. The van der Waals surface area contributed by atoms with E-state index < -0.39 is 0 Å². The molecule has 5 nitrogen and oxygen atoms in total. The lowest BCUT2D eigenvalue weighted by Crippen LogP contribution is -2.12. The van der Waals surface area contributed by atoms with Gasteiger partial charge in [0.05, 0.1) is 12.8 Å². The highest BCUT2D eigenvalue weighted by atomic mass is 35.5. The number of nitrogens with one attached hydrogen (secondary N) is 1. The minimum Gasteiger partial charge on any atom is -0.497 e. The van der Waals surface area contributed by atoms with E-state index in [-0.39, 0.29) is 5.91 Å². The van der Waals surface area contributed by atoms with Crippen LogP contribution in [0.3, 0.4) is 0 Å². The second-order valence-corrected chi connectivity index (χ2v) is 5.54. The number of amides is 1. The Hall–Kier alpha value is -3.05. The maximum absolute atomic E-state index is 12.4. The zero-order chi connectivity index (χ0) is 17.6. The predicted octanol–water partition coefficient (Wildman–Crippen LogP) is 4.79. The summed E-state index contributed by atoms with van der Waals surface area (Å²) in [7, 11) is 1.60. The van der Waals surface area contributed by atoms with E-state index in [1.54, 1.807) is 74.1 Å². The standard InChI is InChI=1S/C19H15ClN2O3/c1-24-15-3-5-16(6-4-15)25-18-7-2-14(20)12-17(18)22-19(23)13-8-10-21-11-9-13/h2-12H,1H3,(H,22,23). The lowest BCUT2D eigenvalue weighted by molar-refractivity contribution is 0.102. The van der Waals surface area contributed by atoms with Gasteiger partial charge in [-0.05, 0) is 54.6 Å². The Labute approximate surface area is 150 Å². The van der Waals surface area contributed by atoms with Gasteiger partial charge in [-0.3, -0.25) is 9.78 Å². The first-order valence-electron chi connectivity index (χ1n) is 7.48. The Balaban J connectivity index is 1.83. The van der Waals surface area contributed by atoms with E-state index in [0.29, 0.717) is 27.8 Å². The van der Waals surface area contributed by atoms with E-state index in [1.165, 1.54) is 0 Å². The lowest BCUT2D eigenvalue weighted by Gasteiger charge is -2.13. The third kappa shape index (κ3) is 4.28. The number of carbonyl (C=O) groups is 1. The highest BCUT2D eigenvalue weighted by Crippen LogP contribution is 2.33. The highest BCUT2D eigenvalue weighted by Gasteiger charge is 2.11. The second-order valence-electron chi connectivity index (χ2n) is 5.11. The maximum atomic E-state index is 12.4. The number of aromatic nitrogens is 1. The molecule has 0 aliphatic heterocycles. The van der Waals surface area contributed by atoms with Crippen molar-refractivity contribution in [3.63, 3.8) is 0 Å². The van der Waals surface area contributed by atoms with Gasteiger partial charge in [-0.25, -0.2) is 0 Å². The Bertz CT molecular complexity index is 868. The Morgan fingerprint density at radius 1 is 1.00 bits per heavy atom. The number of carbonyl (C=O) groups excluding carboxylic acids is 1. The summed E-state index contributed by atoms with van der Waals surface area (Å²) in [5.41, 5.74) is 0.968. The second kappa shape index (κ2) is 7.68. The highest BCUT2D eigenvalue weighted by molar-refractivity contribution is 6.31. The summed E-state index contributed by atoms with van der Waals surface area (Å²) >= 11 is 6.06. The molecule has 126 valence electrons. The molecule has 0 saturated carbocycles. The minimum absolute atomic E-state index is 0.274. The van der Waals surface area contributed by atoms with Gasteiger partial charge in [0.1, 0.15) is 11.5 Å². The monoisotopic (exact) mass is 354 g/mol. The molecule has 0 saturated heterocycles. The van der Waals surface area contributed by atoms with Crippen molar-refractivity contribution in [2.45, 2.75) is 0 Å². The summed E-state index contributed by atoms with van der Waals surface area (Å²) in [6.45, 7) is 0. The molecule has 2 aromatic carbocycles. The Kier molecular flexibility index (Phi) is 5.16. The Morgan fingerprint density at radius 2 is 1.68 bits per heavy atom. The number of rotatable bonds is 5. The molecule has 0 radical (unpaired) electrons. The van der Waals surface area contributed by atoms with Crippen molar-refractivity contribution in [1.82, 2.24) is 4.98 Å². The molecule has 1 amide bonds. The summed E-state index contributed by atoms with van der Waals surface area (Å²) < 4.78 is 11.0. The van der Waals surface area contributed by atoms with Crippen LogP contribution in [0.15, 0.2) is 67.0 Å². The fraction of sp³-hybridized carbons (Fsp3) is 0.0526. The normalized spacial score (nSPS) is 10.2. The molecule has 1 N–H and O–H groups in total.